The second-order valence-corrected chi connectivity index (χ2v) is 6.76. The highest BCUT2D eigenvalue weighted by Crippen LogP contribution is 2.16. The van der Waals surface area contributed by atoms with Gasteiger partial charge in [-0.05, 0) is 36.6 Å². The molecule has 3 rings (SSSR count). The minimum atomic E-state index is -0.640. The molecule has 0 spiro atoms. The Morgan fingerprint density at radius 3 is 2.38 bits per heavy atom. The van der Waals surface area contributed by atoms with E-state index in [0.717, 1.165) is 10.5 Å². The van der Waals surface area contributed by atoms with Crippen molar-refractivity contribution in [3.8, 4) is 0 Å². The molecule has 1 atom stereocenters. The van der Waals surface area contributed by atoms with Gasteiger partial charge in [0.2, 0.25) is 11.8 Å². The average molecular weight is 394 g/mol. The number of carbonyl (C=O) groups excluding carboxylic acids is 4. The number of anilines is 2. The molecule has 8 heteroatoms. The fraction of sp³-hybridized carbons (Fsp3) is 0.238. The second kappa shape index (κ2) is 9.01. The van der Waals surface area contributed by atoms with Crippen molar-refractivity contribution in [1.29, 1.82) is 0 Å². The molecule has 1 aliphatic heterocycles. The molecular formula is C21H22N4O4. The largest absolute Gasteiger partial charge is 0.326 e. The molecule has 0 saturated carbocycles. The van der Waals surface area contributed by atoms with Gasteiger partial charge in [0.15, 0.2) is 0 Å². The van der Waals surface area contributed by atoms with Crippen molar-refractivity contribution in [2.75, 3.05) is 17.2 Å². The molecule has 5 amide bonds. The summed E-state index contributed by atoms with van der Waals surface area (Å²) in [4.78, 5) is 49.0. The van der Waals surface area contributed by atoms with Crippen molar-refractivity contribution in [3.63, 3.8) is 0 Å². The van der Waals surface area contributed by atoms with E-state index in [9.17, 15) is 19.2 Å². The van der Waals surface area contributed by atoms with Crippen LogP contribution >= 0.6 is 0 Å². The van der Waals surface area contributed by atoms with E-state index in [2.05, 4.69) is 16.0 Å². The van der Waals surface area contributed by atoms with Gasteiger partial charge in [0.25, 0.3) is 5.91 Å². The summed E-state index contributed by atoms with van der Waals surface area (Å²) >= 11 is 0. The van der Waals surface area contributed by atoms with Gasteiger partial charge in [0.05, 0.1) is 0 Å². The van der Waals surface area contributed by atoms with Crippen LogP contribution in [0, 0.1) is 0 Å². The molecule has 8 nitrogen and oxygen atoms in total. The molecule has 0 aromatic heterocycles. The van der Waals surface area contributed by atoms with Crippen LogP contribution in [-0.2, 0) is 20.8 Å². The van der Waals surface area contributed by atoms with Crippen molar-refractivity contribution in [2.45, 2.75) is 25.8 Å². The Kier molecular flexibility index (Phi) is 6.23. The minimum absolute atomic E-state index is 0.227. The summed E-state index contributed by atoms with van der Waals surface area (Å²) < 4.78 is 0. The number of hydrogen-bond acceptors (Lipinski definition) is 4. The Hall–Kier alpha value is -3.68. The number of hydrogen-bond donors (Lipinski definition) is 3. The van der Waals surface area contributed by atoms with Gasteiger partial charge in [0.1, 0.15) is 12.6 Å². The van der Waals surface area contributed by atoms with E-state index in [0.29, 0.717) is 24.2 Å². The van der Waals surface area contributed by atoms with Crippen LogP contribution in [0.1, 0.15) is 18.9 Å². The zero-order chi connectivity index (χ0) is 20.8. The number of rotatable bonds is 7. The first kappa shape index (κ1) is 20.1. The molecule has 29 heavy (non-hydrogen) atoms. The summed E-state index contributed by atoms with van der Waals surface area (Å²) in [5.41, 5.74) is 2.06. The normalized spacial score (nSPS) is 15.8. The van der Waals surface area contributed by atoms with Crippen LogP contribution < -0.4 is 16.0 Å². The first-order valence-corrected chi connectivity index (χ1v) is 9.25. The first-order chi connectivity index (χ1) is 13.9. The van der Waals surface area contributed by atoms with Gasteiger partial charge in [-0.1, -0.05) is 36.4 Å². The van der Waals surface area contributed by atoms with Crippen LogP contribution in [0.2, 0.25) is 0 Å². The van der Waals surface area contributed by atoms with Crippen LogP contribution in [0.3, 0.4) is 0 Å². The summed E-state index contributed by atoms with van der Waals surface area (Å²) in [6.45, 7) is 1.01. The first-order valence-electron chi connectivity index (χ1n) is 9.25. The van der Waals surface area contributed by atoms with E-state index in [-0.39, 0.29) is 12.5 Å². The van der Waals surface area contributed by atoms with Crippen molar-refractivity contribution < 1.29 is 19.2 Å². The van der Waals surface area contributed by atoms with E-state index in [1.165, 1.54) is 6.92 Å². The summed E-state index contributed by atoms with van der Waals surface area (Å²) in [6, 6.07) is 15.1. The maximum absolute atomic E-state index is 12.5. The summed E-state index contributed by atoms with van der Waals surface area (Å²) in [5.74, 6) is -1.14. The summed E-state index contributed by atoms with van der Waals surface area (Å²) in [6.07, 6.45) is 1.11. The van der Waals surface area contributed by atoms with Crippen LogP contribution in [0.15, 0.2) is 54.6 Å². The fourth-order valence-electron chi connectivity index (χ4n) is 3.10. The Morgan fingerprint density at radius 1 is 1.00 bits per heavy atom. The summed E-state index contributed by atoms with van der Waals surface area (Å²) in [5, 5.41) is 7.89. The maximum atomic E-state index is 12.5. The van der Waals surface area contributed by atoms with Crippen molar-refractivity contribution in [3.05, 3.63) is 60.2 Å². The molecule has 1 aliphatic rings. The second-order valence-electron chi connectivity index (χ2n) is 6.76. The number of aryl methyl sites for hydroxylation is 1. The SMILES string of the molecule is CC(=O)Nc1cccc(NC(=O)CN2C(=O)NC(CCc3ccccc3)C2=O)c1. The fourth-order valence-corrected chi connectivity index (χ4v) is 3.10. The molecule has 3 N–H and O–H groups in total. The lowest BCUT2D eigenvalue weighted by molar-refractivity contribution is -0.130. The number of nitrogens with zero attached hydrogens (tertiary/aromatic N) is 1. The molecular weight excluding hydrogens is 372 g/mol. The molecule has 1 heterocycles. The zero-order valence-corrected chi connectivity index (χ0v) is 16.0. The van der Waals surface area contributed by atoms with Crippen LogP contribution in [0.4, 0.5) is 16.2 Å². The van der Waals surface area contributed by atoms with Crippen LogP contribution in [0.5, 0.6) is 0 Å². The highest BCUT2D eigenvalue weighted by atomic mass is 16.2. The molecule has 0 bridgehead atoms. The van der Waals surface area contributed by atoms with E-state index in [4.69, 9.17) is 0 Å². The molecule has 150 valence electrons. The number of urea groups is 1. The van der Waals surface area contributed by atoms with Gasteiger partial charge in [0, 0.05) is 18.3 Å². The minimum Gasteiger partial charge on any atom is -0.326 e. The smallest absolute Gasteiger partial charge is 0.325 e. The molecule has 0 radical (unpaired) electrons. The molecule has 0 aliphatic carbocycles. The Balaban J connectivity index is 1.55. The van der Waals surface area contributed by atoms with Crippen molar-refractivity contribution >= 4 is 35.1 Å². The highest BCUT2D eigenvalue weighted by Gasteiger charge is 2.38. The van der Waals surface area contributed by atoms with Gasteiger partial charge < -0.3 is 16.0 Å². The standard InChI is InChI=1S/C21H22N4O4/c1-14(26)22-16-8-5-9-17(12-16)23-19(27)13-25-20(28)18(24-21(25)29)11-10-15-6-3-2-4-7-15/h2-9,12,18H,10-11,13H2,1H3,(H,22,26)(H,23,27)(H,24,29). The van der Waals surface area contributed by atoms with E-state index in [1.54, 1.807) is 24.3 Å². The van der Waals surface area contributed by atoms with Gasteiger partial charge in [-0.25, -0.2) is 4.79 Å². The number of amides is 5. The topological polar surface area (TPSA) is 108 Å². The Morgan fingerprint density at radius 2 is 1.69 bits per heavy atom. The van der Waals surface area contributed by atoms with Crippen LogP contribution in [0.25, 0.3) is 0 Å². The molecule has 1 fully saturated rings. The van der Waals surface area contributed by atoms with E-state index >= 15 is 0 Å². The number of imide groups is 1. The molecule has 2 aromatic carbocycles. The number of benzene rings is 2. The third-order valence-electron chi connectivity index (χ3n) is 4.44. The maximum Gasteiger partial charge on any atom is 0.325 e. The quantitative estimate of drug-likeness (QED) is 0.625. The number of carbonyl (C=O) groups is 4. The lowest BCUT2D eigenvalue weighted by atomic mass is 10.1. The highest BCUT2D eigenvalue weighted by molar-refractivity contribution is 6.08. The predicted molar refractivity (Wildman–Crippen MR) is 108 cm³/mol. The molecule has 1 unspecified atom stereocenters. The number of nitrogens with one attached hydrogen (secondary N) is 3. The Bertz CT molecular complexity index is 929. The molecule has 1 saturated heterocycles. The summed E-state index contributed by atoms with van der Waals surface area (Å²) in [7, 11) is 0. The van der Waals surface area contributed by atoms with Crippen molar-refractivity contribution in [2.24, 2.45) is 0 Å². The lowest BCUT2D eigenvalue weighted by Gasteiger charge is -2.13. The van der Waals surface area contributed by atoms with E-state index < -0.39 is 23.9 Å². The van der Waals surface area contributed by atoms with Gasteiger partial charge in [-0.2, -0.15) is 0 Å². The third kappa shape index (κ3) is 5.41. The van der Waals surface area contributed by atoms with Gasteiger partial charge >= 0.3 is 6.03 Å². The third-order valence-corrected chi connectivity index (χ3v) is 4.44. The van der Waals surface area contributed by atoms with Crippen molar-refractivity contribution in [1.82, 2.24) is 10.2 Å². The van der Waals surface area contributed by atoms with Crippen LogP contribution in [-0.4, -0.2) is 41.2 Å². The van der Waals surface area contributed by atoms with Gasteiger partial charge in [-0.15, -0.1) is 0 Å². The average Bonchev–Trinajstić information content (AvgIpc) is 2.94. The van der Waals surface area contributed by atoms with E-state index in [1.807, 2.05) is 30.3 Å². The molecule has 2 aromatic rings. The monoisotopic (exact) mass is 394 g/mol. The van der Waals surface area contributed by atoms with Gasteiger partial charge in [-0.3, -0.25) is 19.3 Å². The zero-order valence-electron chi connectivity index (χ0n) is 16.0. The predicted octanol–water partition coefficient (Wildman–Crippen LogP) is 2.14. The Labute approximate surface area is 168 Å². The lowest BCUT2D eigenvalue weighted by Crippen LogP contribution is -2.38.